The normalized spacial score (nSPS) is 16.5. The molecule has 1 N–H and O–H groups in total. The number of para-hydroxylation sites is 3. The van der Waals surface area contributed by atoms with Gasteiger partial charge in [-0.3, -0.25) is 0 Å². The number of fused-ring (bicyclic) bond motifs is 9. The molecule has 8 rings (SSSR count). The van der Waals surface area contributed by atoms with Gasteiger partial charge in [-0.15, -0.1) is 0 Å². The van der Waals surface area contributed by atoms with Crippen LogP contribution < -0.4 is 0 Å². The number of H-pyrrole nitrogens is 1. The van der Waals surface area contributed by atoms with Gasteiger partial charge in [0.15, 0.2) is 0 Å². The van der Waals surface area contributed by atoms with Gasteiger partial charge in [-0.05, 0) is 59.5 Å². The summed E-state index contributed by atoms with van der Waals surface area (Å²) in [5, 5.41) is 3.95. The zero-order chi connectivity index (χ0) is 20.8. The molecular weight excluding hydrogens is 388 g/mol. The van der Waals surface area contributed by atoms with Crippen molar-refractivity contribution in [1.82, 2.24) is 9.55 Å². The fourth-order valence-corrected chi connectivity index (χ4v) is 6.08. The van der Waals surface area contributed by atoms with Crippen LogP contribution in [-0.4, -0.2) is 9.55 Å². The highest BCUT2D eigenvalue weighted by Crippen LogP contribution is 2.52. The van der Waals surface area contributed by atoms with Gasteiger partial charge in [0, 0.05) is 50.1 Å². The molecule has 1 aliphatic carbocycles. The number of nitrogens with zero attached hydrogens (tertiary/aromatic N) is 1. The Bertz CT molecular complexity index is 1760. The molecule has 0 radical (unpaired) electrons. The molecule has 6 aromatic rings. The van der Waals surface area contributed by atoms with Crippen molar-refractivity contribution in [3.05, 3.63) is 113 Å². The molecule has 2 aliphatic rings. The van der Waals surface area contributed by atoms with Crippen LogP contribution in [0.1, 0.15) is 34.7 Å². The maximum Gasteiger partial charge on any atom is 0.0538 e. The third kappa shape index (κ3) is 2.00. The SMILES string of the molecule is C1=C(c2ccc3[nH]c4ccccc4c3c2)CC2c3ccccc3-n3c2c1c1ccccc13. The van der Waals surface area contributed by atoms with Gasteiger partial charge >= 0.3 is 0 Å². The van der Waals surface area contributed by atoms with Crippen molar-refractivity contribution in [3.8, 4) is 5.69 Å². The quantitative estimate of drug-likeness (QED) is 0.288. The van der Waals surface area contributed by atoms with E-state index in [0.717, 1.165) is 6.42 Å². The van der Waals surface area contributed by atoms with Crippen LogP contribution in [0.2, 0.25) is 0 Å². The van der Waals surface area contributed by atoms with E-state index in [-0.39, 0.29) is 0 Å². The lowest BCUT2D eigenvalue weighted by Crippen LogP contribution is -2.05. The highest BCUT2D eigenvalue weighted by Gasteiger charge is 2.36. The Hall–Kier alpha value is -4.04. The molecule has 0 fully saturated rings. The van der Waals surface area contributed by atoms with E-state index in [1.165, 1.54) is 66.4 Å². The predicted octanol–water partition coefficient (Wildman–Crippen LogP) is 7.65. The Morgan fingerprint density at radius 3 is 2.47 bits per heavy atom. The third-order valence-corrected chi connectivity index (χ3v) is 7.45. The highest BCUT2D eigenvalue weighted by molar-refractivity contribution is 6.09. The van der Waals surface area contributed by atoms with Gasteiger partial charge < -0.3 is 9.55 Å². The zero-order valence-electron chi connectivity index (χ0n) is 17.5. The smallest absolute Gasteiger partial charge is 0.0538 e. The van der Waals surface area contributed by atoms with Gasteiger partial charge in [-0.1, -0.05) is 60.7 Å². The van der Waals surface area contributed by atoms with Crippen LogP contribution in [0.25, 0.3) is 50.0 Å². The highest BCUT2D eigenvalue weighted by atomic mass is 15.0. The molecule has 2 aromatic heterocycles. The molecule has 4 aromatic carbocycles. The van der Waals surface area contributed by atoms with Crippen LogP contribution in [0.15, 0.2) is 91.0 Å². The van der Waals surface area contributed by atoms with Gasteiger partial charge in [0.25, 0.3) is 0 Å². The van der Waals surface area contributed by atoms with Crippen molar-refractivity contribution in [2.75, 3.05) is 0 Å². The molecule has 2 nitrogen and oxygen atoms in total. The maximum absolute atomic E-state index is 3.56. The Balaban J connectivity index is 1.40. The monoisotopic (exact) mass is 408 g/mol. The zero-order valence-corrected chi connectivity index (χ0v) is 17.5. The first-order valence-electron chi connectivity index (χ1n) is 11.3. The van der Waals surface area contributed by atoms with Crippen molar-refractivity contribution in [3.63, 3.8) is 0 Å². The minimum Gasteiger partial charge on any atom is -0.355 e. The maximum atomic E-state index is 3.56. The Labute approximate surface area is 185 Å². The fraction of sp³-hybridized carbons (Fsp3) is 0.0667. The Morgan fingerprint density at radius 2 is 1.50 bits per heavy atom. The van der Waals surface area contributed by atoms with Gasteiger partial charge in [-0.25, -0.2) is 0 Å². The van der Waals surface area contributed by atoms with E-state index in [0.29, 0.717) is 5.92 Å². The van der Waals surface area contributed by atoms with Gasteiger partial charge in [-0.2, -0.15) is 0 Å². The summed E-state index contributed by atoms with van der Waals surface area (Å²) in [6.07, 6.45) is 3.49. The van der Waals surface area contributed by atoms with E-state index in [9.17, 15) is 0 Å². The Kier molecular flexibility index (Phi) is 3.01. The van der Waals surface area contributed by atoms with Gasteiger partial charge in [0.2, 0.25) is 0 Å². The topological polar surface area (TPSA) is 20.7 Å². The van der Waals surface area contributed by atoms with Crippen molar-refractivity contribution >= 4 is 44.4 Å². The summed E-state index contributed by atoms with van der Waals surface area (Å²) in [5.74, 6) is 0.410. The van der Waals surface area contributed by atoms with Gasteiger partial charge in [0.1, 0.15) is 0 Å². The van der Waals surface area contributed by atoms with Crippen LogP contribution in [0.5, 0.6) is 0 Å². The third-order valence-electron chi connectivity index (χ3n) is 7.45. The van der Waals surface area contributed by atoms with E-state index < -0.39 is 0 Å². The second-order valence-corrected chi connectivity index (χ2v) is 9.07. The average molecular weight is 409 g/mol. The van der Waals surface area contributed by atoms with Crippen molar-refractivity contribution < 1.29 is 0 Å². The van der Waals surface area contributed by atoms with Gasteiger partial charge in [0.05, 0.1) is 5.52 Å². The largest absolute Gasteiger partial charge is 0.355 e. The summed E-state index contributed by atoms with van der Waals surface area (Å²) in [4.78, 5) is 3.56. The van der Waals surface area contributed by atoms with Crippen molar-refractivity contribution in [2.24, 2.45) is 0 Å². The lowest BCUT2D eigenvalue weighted by molar-refractivity contribution is 0.832. The summed E-state index contributed by atoms with van der Waals surface area (Å²) in [6, 6.07) is 33.3. The van der Waals surface area contributed by atoms with Crippen LogP contribution in [0, 0.1) is 0 Å². The molecule has 1 atom stereocenters. The van der Waals surface area contributed by atoms with E-state index in [1.807, 2.05) is 0 Å². The fourth-order valence-electron chi connectivity index (χ4n) is 6.08. The first-order valence-corrected chi connectivity index (χ1v) is 11.3. The molecule has 0 saturated heterocycles. The summed E-state index contributed by atoms with van der Waals surface area (Å²) >= 11 is 0. The molecule has 32 heavy (non-hydrogen) atoms. The molecule has 1 unspecified atom stereocenters. The molecule has 3 heterocycles. The average Bonchev–Trinajstić information content (AvgIpc) is 3.50. The number of nitrogens with one attached hydrogen (secondary N) is 1. The lowest BCUT2D eigenvalue weighted by atomic mass is 9.81. The first-order chi connectivity index (χ1) is 15.9. The molecule has 0 spiro atoms. The number of hydrogen-bond acceptors (Lipinski definition) is 0. The van der Waals surface area contributed by atoms with E-state index >= 15 is 0 Å². The number of hydrogen-bond donors (Lipinski definition) is 1. The molecule has 0 amide bonds. The van der Waals surface area contributed by atoms with Crippen LogP contribution >= 0.6 is 0 Å². The van der Waals surface area contributed by atoms with E-state index in [4.69, 9.17) is 0 Å². The number of allylic oxidation sites excluding steroid dienone is 1. The summed E-state index contributed by atoms with van der Waals surface area (Å²) in [5.41, 5.74) is 12.1. The molecule has 1 aliphatic heterocycles. The van der Waals surface area contributed by atoms with Crippen LogP contribution in [0.3, 0.4) is 0 Å². The molecule has 150 valence electrons. The second-order valence-electron chi connectivity index (χ2n) is 9.07. The summed E-state index contributed by atoms with van der Waals surface area (Å²) in [6.45, 7) is 0. The van der Waals surface area contributed by atoms with E-state index in [2.05, 4.69) is 107 Å². The summed E-state index contributed by atoms with van der Waals surface area (Å²) in [7, 11) is 0. The molecule has 0 saturated carbocycles. The van der Waals surface area contributed by atoms with E-state index in [1.54, 1.807) is 0 Å². The van der Waals surface area contributed by atoms with Crippen LogP contribution in [-0.2, 0) is 0 Å². The summed E-state index contributed by atoms with van der Waals surface area (Å²) < 4.78 is 2.50. The number of aromatic amines is 1. The molecule has 2 heteroatoms. The van der Waals surface area contributed by atoms with Crippen LogP contribution in [0.4, 0.5) is 0 Å². The van der Waals surface area contributed by atoms with Crippen molar-refractivity contribution in [1.29, 1.82) is 0 Å². The lowest BCUT2D eigenvalue weighted by Gasteiger charge is -2.21. The molecule has 0 bridgehead atoms. The second kappa shape index (κ2) is 5.80. The minimum atomic E-state index is 0.410. The first kappa shape index (κ1) is 16.6. The number of aromatic nitrogens is 2. The number of benzene rings is 4. The van der Waals surface area contributed by atoms with Crippen molar-refractivity contribution in [2.45, 2.75) is 12.3 Å². The number of rotatable bonds is 1. The minimum absolute atomic E-state index is 0.410. The Morgan fingerprint density at radius 1 is 0.719 bits per heavy atom. The molecular formula is C30H20N2. The predicted molar refractivity (Wildman–Crippen MR) is 133 cm³/mol. The standard InChI is InChI=1S/C30H20N2/c1-4-10-26-20(7-1)23-15-18(13-14-27(23)31-26)19-16-24-21-8-2-5-11-28(21)32-29-12-6-3-9-22(29)25(17-19)30(24)32/h1-16,25,31H,17H2.